The molecule has 4 radical (unpaired) electrons. The third-order valence-corrected chi connectivity index (χ3v) is 0.887. The van der Waals surface area contributed by atoms with E-state index in [1.165, 1.54) is 0 Å². The van der Waals surface area contributed by atoms with Gasteiger partial charge in [-0.1, -0.05) is 0 Å². The van der Waals surface area contributed by atoms with Crippen LogP contribution in [0.3, 0.4) is 0 Å². The molecule has 0 heterocycles. The van der Waals surface area contributed by atoms with Crippen LogP contribution in [0.15, 0.2) is 0 Å². The van der Waals surface area contributed by atoms with Gasteiger partial charge in [0.05, 0.1) is 0 Å². The molecule has 0 aromatic rings. The Morgan fingerprint density at radius 1 is 0.550 bits per heavy atom. The van der Waals surface area contributed by atoms with Crippen LogP contribution in [0.4, 0.5) is 0 Å². The van der Waals surface area contributed by atoms with Crippen LogP contribution in [0.25, 0.3) is 0 Å². The predicted octanol–water partition coefficient (Wildman–Crippen LogP) is -2.71. The van der Waals surface area contributed by atoms with E-state index in [1.807, 2.05) is 0 Å². The predicted molar refractivity (Wildman–Crippen MR) is 37.5 cm³/mol. The summed E-state index contributed by atoms with van der Waals surface area (Å²) in [7, 11) is 0. The van der Waals surface area contributed by atoms with E-state index in [-0.39, 0.29) is 105 Å². The van der Waals surface area contributed by atoms with Gasteiger partial charge in [0.1, 0.15) is 0 Å². The number of hydrogen-bond donors (Lipinski definition) is 2. The number of ether oxygens (including phenoxy) is 2. The van der Waals surface area contributed by atoms with Gasteiger partial charge in [-0.15, -0.1) is 0 Å². The zero-order valence-electron chi connectivity index (χ0n) is 8.98. The average molecular weight is 630 g/mol. The van der Waals surface area contributed by atoms with E-state index < -0.39 is 35.8 Å². The van der Waals surface area contributed by atoms with Gasteiger partial charge in [0.25, 0.3) is 0 Å². The first kappa shape index (κ1) is 32.5. The molecule has 0 bridgehead atoms. The van der Waals surface area contributed by atoms with Crippen LogP contribution in [0, 0.1) is 71.2 Å². The molecule has 0 aliphatic heterocycles. The molecule has 20 heavy (non-hydrogen) atoms. The summed E-state index contributed by atoms with van der Waals surface area (Å²) in [5.41, 5.74) is 0. The van der Waals surface area contributed by atoms with Gasteiger partial charge in [-0.3, -0.25) is 0 Å². The van der Waals surface area contributed by atoms with Gasteiger partial charge in [-0.05, 0) is 0 Å². The Morgan fingerprint density at radius 2 is 0.750 bits per heavy atom. The first-order chi connectivity index (χ1) is 7.25. The van der Waals surface area contributed by atoms with Gasteiger partial charge in [0.15, 0.2) is 0 Å². The van der Waals surface area contributed by atoms with E-state index in [0.29, 0.717) is 0 Å². The Balaban J connectivity index is -0.000000187. The molecule has 0 fully saturated rings. The van der Waals surface area contributed by atoms with Crippen molar-refractivity contribution in [2.75, 3.05) is 0 Å². The molecule has 0 unspecified atom stereocenters. The number of rotatable bonds is 0. The Bertz CT molecular complexity index is 371. The Kier molecular flexibility index (Phi) is 26.0. The second kappa shape index (κ2) is 16.0. The van der Waals surface area contributed by atoms with Crippen LogP contribution in [0.5, 0.6) is 0 Å². The van der Waals surface area contributed by atoms with Crippen molar-refractivity contribution >= 4 is 35.8 Å². The third kappa shape index (κ3) is 13.6. The van der Waals surface area contributed by atoms with Crippen molar-refractivity contribution in [3.63, 3.8) is 0 Å². The van der Waals surface area contributed by atoms with Crippen molar-refractivity contribution in [1.29, 1.82) is 0 Å². The topological polar surface area (TPSA) is 161 Å². The summed E-state index contributed by atoms with van der Waals surface area (Å²) in [5.74, 6) is -12.7. The molecular formula is C6H2Co2La2O10. The third-order valence-electron chi connectivity index (χ3n) is 0.887. The fourth-order valence-electron chi connectivity index (χ4n) is 0.339. The maximum atomic E-state index is 10.5. The largest absolute Gasteiger partial charge is 0.473 e. The molecule has 0 aliphatic carbocycles. The van der Waals surface area contributed by atoms with Crippen molar-refractivity contribution < 1.29 is 153 Å². The first-order valence-electron chi connectivity index (χ1n) is 3.24. The van der Waals surface area contributed by atoms with E-state index in [2.05, 4.69) is 9.47 Å². The standard InChI is InChI=1S/C6H2O10.2Co.2La/c7-1(8)3(11)15-5(13)6(14)16-4(12)2(9)10;;;;/h(H,7,8)(H,9,10);;;;. The van der Waals surface area contributed by atoms with E-state index in [0.717, 1.165) is 0 Å². The normalized spacial score (nSPS) is 7.00. The van der Waals surface area contributed by atoms with E-state index in [9.17, 15) is 28.8 Å². The number of aliphatic carboxylic acids is 2. The van der Waals surface area contributed by atoms with Gasteiger partial charge in [-0.2, -0.15) is 0 Å². The fourth-order valence-corrected chi connectivity index (χ4v) is 0.339. The van der Waals surface area contributed by atoms with E-state index >= 15 is 0 Å². The van der Waals surface area contributed by atoms with Crippen LogP contribution >= 0.6 is 0 Å². The van der Waals surface area contributed by atoms with Gasteiger partial charge < -0.3 is 19.7 Å². The van der Waals surface area contributed by atoms with Crippen LogP contribution in [0.1, 0.15) is 0 Å². The number of carboxylic acids is 2. The summed E-state index contributed by atoms with van der Waals surface area (Å²) < 4.78 is 6.71. The molecule has 0 aliphatic rings. The molecular weight excluding hydrogens is 628 g/mol. The molecule has 14 heteroatoms. The number of carboxylic acid groups (broad SMARTS) is 2. The number of esters is 4. The SMILES string of the molecule is O=C(O)C(=O)OC(=O)C(=O)OC(=O)C(=O)O.[Co].[Co].[La].[La]. The van der Waals surface area contributed by atoms with Gasteiger partial charge in [-0.25, -0.2) is 28.8 Å². The Labute approximate surface area is 186 Å². The van der Waals surface area contributed by atoms with Crippen molar-refractivity contribution in [2.45, 2.75) is 0 Å². The van der Waals surface area contributed by atoms with Crippen LogP contribution in [0.2, 0.25) is 0 Å². The van der Waals surface area contributed by atoms with E-state index in [1.54, 1.807) is 0 Å². The minimum absolute atomic E-state index is 0. The quantitative estimate of drug-likeness (QED) is 0.164. The second-order valence-corrected chi connectivity index (χ2v) is 1.96. The van der Waals surface area contributed by atoms with Crippen molar-refractivity contribution in [3.05, 3.63) is 0 Å². The maximum absolute atomic E-state index is 10.5. The molecule has 0 rings (SSSR count). The van der Waals surface area contributed by atoms with Crippen LogP contribution in [-0.2, 0) is 71.8 Å². The monoisotopic (exact) mass is 630 g/mol. The zero-order chi connectivity index (χ0) is 12.9. The zero-order valence-corrected chi connectivity index (χ0v) is 18.3. The van der Waals surface area contributed by atoms with E-state index in [4.69, 9.17) is 10.2 Å². The molecule has 10 nitrogen and oxygen atoms in total. The minimum atomic E-state index is -2.16. The number of carbonyl (C=O) groups excluding carboxylic acids is 4. The summed E-state index contributed by atoms with van der Waals surface area (Å²) in [6.07, 6.45) is 0. The molecule has 0 spiro atoms. The molecule has 0 aromatic heterocycles. The number of hydrogen-bond acceptors (Lipinski definition) is 8. The molecule has 0 atom stereocenters. The van der Waals surface area contributed by atoms with Gasteiger partial charge >= 0.3 is 35.8 Å². The smallest absolute Gasteiger partial charge is 0.426 e. The molecule has 0 saturated carbocycles. The van der Waals surface area contributed by atoms with Crippen molar-refractivity contribution in [3.8, 4) is 0 Å². The fraction of sp³-hybridized carbons (Fsp3) is 0. The molecule has 0 amide bonds. The summed E-state index contributed by atoms with van der Waals surface area (Å²) in [6.45, 7) is 0. The summed E-state index contributed by atoms with van der Waals surface area (Å²) in [6, 6.07) is 0. The minimum Gasteiger partial charge on any atom is -0.473 e. The maximum Gasteiger partial charge on any atom is 0.426 e. The molecule has 0 saturated heterocycles. The Morgan fingerprint density at radius 3 is 0.900 bits per heavy atom. The summed E-state index contributed by atoms with van der Waals surface area (Å²) in [4.78, 5) is 61.1. The van der Waals surface area contributed by atoms with Gasteiger partial charge in [0.2, 0.25) is 0 Å². The summed E-state index contributed by atoms with van der Waals surface area (Å²) in [5, 5.41) is 15.9. The van der Waals surface area contributed by atoms with Crippen molar-refractivity contribution in [2.24, 2.45) is 0 Å². The van der Waals surface area contributed by atoms with Crippen LogP contribution < -0.4 is 0 Å². The molecule has 0 aromatic carbocycles. The first-order valence-corrected chi connectivity index (χ1v) is 3.24. The number of carbonyl (C=O) groups is 6. The van der Waals surface area contributed by atoms with Gasteiger partial charge in [0, 0.05) is 105 Å². The van der Waals surface area contributed by atoms with Crippen LogP contribution in [-0.4, -0.2) is 46.0 Å². The Hall–Kier alpha value is 0.623. The van der Waals surface area contributed by atoms with Crippen molar-refractivity contribution in [1.82, 2.24) is 0 Å². The summed E-state index contributed by atoms with van der Waals surface area (Å²) >= 11 is 0. The molecule has 2 N–H and O–H groups in total. The second-order valence-electron chi connectivity index (χ2n) is 1.96. The average Bonchev–Trinajstić information content (AvgIpc) is 2.16. The molecule has 110 valence electrons.